The normalized spacial score (nSPS) is 12.3. The lowest BCUT2D eigenvalue weighted by atomic mass is 9.97. The SMILES string of the molecule is CCCCCCCCCC/C=C/CCCCCCCCCCCCCCC(CC(=O)OCCC)C(=O)O. The van der Waals surface area contributed by atoms with E-state index in [1.54, 1.807) is 0 Å². The Morgan fingerprint density at radius 1 is 0.595 bits per heavy atom. The fraction of sp³-hybridized carbons (Fsp3) is 0.879. The maximum atomic E-state index is 11.7. The standard InChI is InChI=1S/C33H62O4/c1-3-5-6-7-8-9-10-11-12-13-14-15-16-17-18-19-20-21-22-23-24-25-26-27-28-31(33(35)36)30-32(34)37-29-4-2/h13-14,31H,3-12,15-30H2,1-2H3,(H,35,36)/b14-13+. The molecule has 0 amide bonds. The first-order chi connectivity index (χ1) is 18.1. The summed E-state index contributed by atoms with van der Waals surface area (Å²) in [5, 5.41) is 9.32. The van der Waals surface area contributed by atoms with Crippen LogP contribution in [0, 0.1) is 5.92 Å². The second-order valence-electron chi connectivity index (χ2n) is 11.0. The molecule has 0 radical (unpaired) electrons. The van der Waals surface area contributed by atoms with Crippen LogP contribution in [0.15, 0.2) is 12.2 Å². The van der Waals surface area contributed by atoms with Crippen molar-refractivity contribution in [2.75, 3.05) is 6.61 Å². The minimum atomic E-state index is -0.876. The Kier molecular flexibility index (Phi) is 28.2. The van der Waals surface area contributed by atoms with Crippen molar-refractivity contribution in [1.29, 1.82) is 0 Å². The molecular weight excluding hydrogens is 460 g/mol. The maximum absolute atomic E-state index is 11.7. The molecule has 0 saturated heterocycles. The van der Waals surface area contributed by atoms with Gasteiger partial charge in [0.1, 0.15) is 0 Å². The molecule has 0 aromatic carbocycles. The van der Waals surface area contributed by atoms with Crippen LogP contribution < -0.4 is 0 Å². The van der Waals surface area contributed by atoms with Crippen LogP contribution in [0.1, 0.15) is 174 Å². The second kappa shape index (κ2) is 29.2. The van der Waals surface area contributed by atoms with Crippen molar-refractivity contribution in [3.05, 3.63) is 12.2 Å². The highest BCUT2D eigenvalue weighted by Crippen LogP contribution is 2.18. The Hall–Kier alpha value is -1.32. The zero-order valence-electron chi connectivity index (χ0n) is 24.8. The van der Waals surface area contributed by atoms with Crippen LogP contribution in [0.3, 0.4) is 0 Å². The summed E-state index contributed by atoms with van der Waals surface area (Å²) in [6, 6.07) is 0. The molecular formula is C33H62O4. The zero-order valence-corrected chi connectivity index (χ0v) is 24.8. The van der Waals surface area contributed by atoms with Crippen molar-refractivity contribution in [1.82, 2.24) is 0 Å². The van der Waals surface area contributed by atoms with E-state index >= 15 is 0 Å². The largest absolute Gasteiger partial charge is 0.481 e. The van der Waals surface area contributed by atoms with Gasteiger partial charge in [0.05, 0.1) is 18.9 Å². The van der Waals surface area contributed by atoms with E-state index in [1.165, 1.54) is 128 Å². The average molecular weight is 523 g/mol. The van der Waals surface area contributed by atoms with Crippen molar-refractivity contribution in [2.45, 2.75) is 174 Å². The number of carbonyl (C=O) groups is 2. The summed E-state index contributed by atoms with van der Waals surface area (Å²) in [5.74, 6) is -1.85. The average Bonchev–Trinajstić information content (AvgIpc) is 2.89. The second-order valence-corrected chi connectivity index (χ2v) is 11.0. The van der Waals surface area contributed by atoms with Crippen molar-refractivity contribution in [3.63, 3.8) is 0 Å². The summed E-state index contributed by atoms with van der Waals surface area (Å²) in [5.41, 5.74) is 0. The fourth-order valence-corrected chi connectivity index (χ4v) is 4.84. The minimum Gasteiger partial charge on any atom is -0.481 e. The van der Waals surface area contributed by atoms with E-state index in [0.717, 1.165) is 19.3 Å². The van der Waals surface area contributed by atoms with Crippen LogP contribution in [0.5, 0.6) is 0 Å². The number of carboxylic acid groups (broad SMARTS) is 1. The van der Waals surface area contributed by atoms with Gasteiger partial charge in [-0.15, -0.1) is 0 Å². The van der Waals surface area contributed by atoms with E-state index < -0.39 is 11.9 Å². The van der Waals surface area contributed by atoms with Gasteiger partial charge in [0, 0.05) is 0 Å². The van der Waals surface area contributed by atoms with E-state index in [1.807, 2.05) is 6.92 Å². The first kappa shape index (κ1) is 35.7. The van der Waals surface area contributed by atoms with Crippen LogP contribution in [0.4, 0.5) is 0 Å². The molecule has 0 spiro atoms. The molecule has 0 aliphatic carbocycles. The van der Waals surface area contributed by atoms with Crippen LogP contribution in [0.2, 0.25) is 0 Å². The predicted octanol–water partition coefficient (Wildman–Crippen LogP) is 10.6. The predicted molar refractivity (Wildman–Crippen MR) is 158 cm³/mol. The summed E-state index contributed by atoms with van der Waals surface area (Å²) in [6.07, 6.45) is 35.1. The number of hydrogen-bond donors (Lipinski definition) is 1. The first-order valence-corrected chi connectivity index (χ1v) is 16.1. The van der Waals surface area contributed by atoms with Gasteiger partial charge < -0.3 is 9.84 Å². The Morgan fingerprint density at radius 2 is 1.00 bits per heavy atom. The monoisotopic (exact) mass is 522 g/mol. The van der Waals surface area contributed by atoms with Crippen LogP contribution >= 0.6 is 0 Å². The van der Waals surface area contributed by atoms with Crippen molar-refractivity contribution >= 4 is 11.9 Å². The third-order valence-electron chi connectivity index (χ3n) is 7.29. The molecule has 0 aromatic rings. The number of unbranched alkanes of at least 4 members (excludes halogenated alkanes) is 20. The highest BCUT2D eigenvalue weighted by Gasteiger charge is 2.21. The van der Waals surface area contributed by atoms with Gasteiger partial charge in [0.15, 0.2) is 0 Å². The molecule has 0 rings (SSSR count). The molecule has 1 N–H and O–H groups in total. The van der Waals surface area contributed by atoms with Gasteiger partial charge in [-0.3, -0.25) is 9.59 Å². The fourth-order valence-electron chi connectivity index (χ4n) is 4.84. The van der Waals surface area contributed by atoms with Gasteiger partial charge in [-0.25, -0.2) is 0 Å². The number of rotatable bonds is 29. The molecule has 37 heavy (non-hydrogen) atoms. The Morgan fingerprint density at radius 3 is 1.41 bits per heavy atom. The molecule has 1 atom stereocenters. The lowest BCUT2D eigenvalue weighted by Gasteiger charge is -2.11. The van der Waals surface area contributed by atoms with Gasteiger partial charge in [0.2, 0.25) is 0 Å². The van der Waals surface area contributed by atoms with E-state index in [-0.39, 0.29) is 12.4 Å². The van der Waals surface area contributed by atoms with E-state index in [0.29, 0.717) is 13.0 Å². The van der Waals surface area contributed by atoms with Gasteiger partial charge in [-0.2, -0.15) is 0 Å². The van der Waals surface area contributed by atoms with Gasteiger partial charge in [-0.1, -0.05) is 142 Å². The summed E-state index contributed by atoms with van der Waals surface area (Å²) in [6.45, 7) is 4.59. The van der Waals surface area contributed by atoms with E-state index in [4.69, 9.17) is 4.74 Å². The smallest absolute Gasteiger partial charge is 0.307 e. The molecule has 218 valence electrons. The Bertz CT molecular complexity index is 528. The lowest BCUT2D eigenvalue weighted by molar-refractivity contribution is -0.151. The number of carbonyl (C=O) groups excluding carboxylic acids is 1. The van der Waals surface area contributed by atoms with Gasteiger partial charge >= 0.3 is 11.9 Å². The number of allylic oxidation sites excluding steroid dienone is 2. The number of aliphatic carboxylic acids is 1. The third kappa shape index (κ3) is 27.5. The van der Waals surface area contributed by atoms with E-state index in [9.17, 15) is 14.7 Å². The van der Waals surface area contributed by atoms with E-state index in [2.05, 4.69) is 19.1 Å². The lowest BCUT2D eigenvalue weighted by Crippen LogP contribution is -2.19. The molecule has 0 saturated carbocycles. The number of esters is 1. The molecule has 0 bridgehead atoms. The molecule has 4 heteroatoms. The molecule has 0 heterocycles. The van der Waals surface area contributed by atoms with Gasteiger partial charge in [0.25, 0.3) is 0 Å². The van der Waals surface area contributed by atoms with Crippen LogP contribution in [0.25, 0.3) is 0 Å². The minimum absolute atomic E-state index is 0.00535. The molecule has 0 fully saturated rings. The quantitative estimate of drug-likeness (QED) is 0.0602. The summed E-state index contributed by atoms with van der Waals surface area (Å²) >= 11 is 0. The Labute approximate surface area is 230 Å². The highest BCUT2D eigenvalue weighted by atomic mass is 16.5. The number of ether oxygens (including phenoxy) is 1. The van der Waals surface area contributed by atoms with Crippen LogP contribution in [-0.2, 0) is 14.3 Å². The topological polar surface area (TPSA) is 63.6 Å². The first-order valence-electron chi connectivity index (χ1n) is 16.1. The third-order valence-corrected chi connectivity index (χ3v) is 7.29. The zero-order chi connectivity index (χ0) is 27.2. The summed E-state index contributed by atoms with van der Waals surface area (Å²) in [4.78, 5) is 23.0. The summed E-state index contributed by atoms with van der Waals surface area (Å²) in [7, 11) is 0. The molecule has 4 nitrogen and oxygen atoms in total. The van der Waals surface area contributed by atoms with Crippen molar-refractivity contribution in [2.24, 2.45) is 5.92 Å². The molecule has 1 unspecified atom stereocenters. The Balaban J connectivity index is 3.35. The number of hydrogen-bond acceptors (Lipinski definition) is 3. The van der Waals surface area contributed by atoms with Crippen molar-refractivity contribution in [3.8, 4) is 0 Å². The molecule has 0 aliphatic rings. The molecule has 0 aromatic heterocycles. The van der Waals surface area contributed by atoms with Crippen LogP contribution in [-0.4, -0.2) is 23.7 Å². The highest BCUT2D eigenvalue weighted by molar-refractivity contribution is 5.78. The number of carboxylic acids is 1. The maximum Gasteiger partial charge on any atom is 0.307 e. The summed E-state index contributed by atoms with van der Waals surface area (Å²) < 4.78 is 5.02. The van der Waals surface area contributed by atoms with Crippen molar-refractivity contribution < 1.29 is 19.4 Å². The molecule has 0 aliphatic heterocycles. The van der Waals surface area contributed by atoms with Gasteiger partial charge in [-0.05, 0) is 38.5 Å².